The molecule has 0 saturated heterocycles. The second-order valence-corrected chi connectivity index (χ2v) is 8.57. The van der Waals surface area contributed by atoms with Crippen molar-refractivity contribution in [2.45, 2.75) is 25.3 Å². The van der Waals surface area contributed by atoms with Crippen LogP contribution in [0.4, 0.5) is 5.69 Å². The first-order chi connectivity index (χ1) is 14.3. The average Bonchev–Trinajstić information content (AvgIpc) is 3.19. The predicted octanol–water partition coefficient (Wildman–Crippen LogP) is 2.92. The first kappa shape index (κ1) is 21.5. The Labute approximate surface area is 175 Å². The normalized spacial score (nSPS) is 11.6. The van der Waals surface area contributed by atoms with E-state index in [1.165, 1.54) is 28.7 Å². The lowest BCUT2D eigenvalue weighted by Crippen LogP contribution is -2.30. The third kappa shape index (κ3) is 4.69. The molecule has 9 heteroatoms. The Hall–Kier alpha value is -3.17. The topological polar surface area (TPSA) is 105 Å². The molecule has 0 aliphatic rings. The summed E-state index contributed by atoms with van der Waals surface area (Å²) >= 11 is 0. The number of phenolic OH excluding ortho intramolecular Hbond substituents is 1. The molecule has 3 rings (SSSR count). The van der Waals surface area contributed by atoms with Crippen LogP contribution in [-0.4, -0.2) is 46.6 Å². The quantitative estimate of drug-likeness (QED) is 0.537. The Balaban J connectivity index is 1.79. The first-order valence-electron chi connectivity index (χ1n) is 9.56. The van der Waals surface area contributed by atoms with Gasteiger partial charge in [-0.3, -0.25) is 9.48 Å². The molecule has 2 aromatic carbocycles. The molecule has 1 heterocycles. The van der Waals surface area contributed by atoms with E-state index in [2.05, 4.69) is 10.4 Å². The monoisotopic (exact) mass is 428 g/mol. The van der Waals surface area contributed by atoms with Crippen LogP contribution < -0.4 is 5.32 Å². The van der Waals surface area contributed by atoms with Gasteiger partial charge in [0.2, 0.25) is 10.0 Å². The maximum Gasteiger partial charge on any atom is 0.258 e. The molecule has 0 fully saturated rings. The van der Waals surface area contributed by atoms with E-state index in [1.807, 2.05) is 30.3 Å². The number of hydrogen-bond donors (Lipinski definition) is 2. The van der Waals surface area contributed by atoms with Crippen molar-refractivity contribution in [2.24, 2.45) is 0 Å². The maximum atomic E-state index is 12.7. The fourth-order valence-electron chi connectivity index (χ4n) is 3.02. The van der Waals surface area contributed by atoms with Crippen LogP contribution in [0.15, 0.2) is 65.8 Å². The Bertz CT molecular complexity index is 1120. The van der Waals surface area contributed by atoms with Crippen molar-refractivity contribution in [3.63, 3.8) is 0 Å². The van der Waals surface area contributed by atoms with Gasteiger partial charge in [0.25, 0.3) is 5.91 Å². The summed E-state index contributed by atoms with van der Waals surface area (Å²) in [6.07, 6.45) is 3.02. The molecule has 0 spiro atoms. The molecule has 0 atom stereocenters. The molecule has 30 heavy (non-hydrogen) atoms. The molecule has 1 amide bonds. The van der Waals surface area contributed by atoms with Crippen molar-refractivity contribution in [1.82, 2.24) is 14.1 Å². The molecule has 0 aliphatic heterocycles. The van der Waals surface area contributed by atoms with E-state index in [9.17, 15) is 18.3 Å². The highest BCUT2D eigenvalue weighted by atomic mass is 32.2. The molecule has 0 saturated carbocycles. The highest BCUT2D eigenvalue weighted by Gasteiger charge is 2.23. The largest absolute Gasteiger partial charge is 0.506 e. The van der Waals surface area contributed by atoms with Gasteiger partial charge in [-0.25, -0.2) is 8.42 Å². The number of sulfonamides is 1. The number of phenols is 1. The highest BCUT2D eigenvalue weighted by molar-refractivity contribution is 7.89. The summed E-state index contributed by atoms with van der Waals surface area (Å²) in [5, 5.41) is 16.9. The van der Waals surface area contributed by atoms with E-state index in [1.54, 1.807) is 24.7 Å². The van der Waals surface area contributed by atoms with Crippen molar-refractivity contribution in [3.05, 3.63) is 72.1 Å². The molecule has 1 aromatic heterocycles. The van der Waals surface area contributed by atoms with Crippen LogP contribution in [0, 0.1) is 0 Å². The number of nitrogens with zero attached hydrogens (tertiary/aromatic N) is 3. The van der Waals surface area contributed by atoms with E-state index in [0.29, 0.717) is 25.2 Å². The van der Waals surface area contributed by atoms with Gasteiger partial charge in [0, 0.05) is 19.3 Å². The lowest BCUT2D eigenvalue weighted by Gasteiger charge is -2.19. The molecule has 2 N–H and O–H groups in total. The summed E-state index contributed by atoms with van der Waals surface area (Å²) in [7, 11) is -3.72. The van der Waals surface area contributed by atoms with Gasteiger partial charge < -0.3 is 10.4 Å². The number of benzene rings is 2. The molecule has 158 valence electrons. The van der Waals surface area contributed by atoms with Crippen LogP contribution in [0.5, 0.6) is 5.75 Å². The van der Waals surface area contributed by atoms with Crippen molar-refractivity contribution in [3.8, 4) is 5.75 Å². The second kappa shape index (κ2) is 9.10. The van der Waals surface area contributed by atoms with Crippen LogP contribution >= 0.6 is 0 Å². The van der Waals surface area contributed by atoms with Gasteiger partial charge in [-0.05, 0) is 23.8 Å². The Morgan fingerprint density at radius 2 is 1.83 bits per heavy atom. The molecule has 0 unspecified atom stereocenters. The highest BCUT2D eigenvalue weighted by Crippen LogP contribution is 2.28. The minimum absolute atomic E-state index is 0.000859. The number of hydrogen-bond acceptors (Lipinski definition) is 5. The second-order valence-electron chi connectivity index (χ2n) is 6.63. The maximum absolute atomic E-state index is 12.7. The molecule has 0 bridgehead atoms. The number of carbonyl (C=O) groups is 1. The minimum atomic E-state index is -3.72. The summed E-state index contributed by atoms with van der Waals surface area (Å²) in [5.41, 5.74) is 1.35. The third-order valence-electron chi connectivity index (χ3n) is 4.64. The summed E-state index contributed by atoms with van der Waals surface area (Å²) < 4.78 is 28.4. The summed E-state index contributed by atoms with van der Waals surface area (Å²) in [6.45, 7) is 4.65. The van der Waals surface area contributed by atoms with Gasteiger partial charge in [-0.1, -0.05) is 44.2 Å². The van der Waals surface area contributed by atoms with Crippen LogP contribution in [0.3, 0.4) is 0 Å². The van der Waals surface area contributed by atoms with Crippen molar-refractivity contribution >= 4 is 21.6 Å². The molecule has 8 nitrogen and oxygen atoms in total. The zero-order valence-corrected chi connectivity index (χ0v) is 17.6. The molecular formula is C21H24N4O4S. The van der Waals surface area contributed by atoms with Gasteiger partial charge in [0.1, 0.15) is 5.75 Å². The number of amides is 1. The molecule has 0 radical (unpaired) electrons. The van der Waals surface area contributed by atoms with E-state index in [0.717, 1.165) is 5.56 Å². The number of rotatable bonds is 8. The third-order valence-corrected chi connectivity index (χ3v) is 6.69. The van der Waals surface area contributed by atoms with Crippen LogP contribution in [0.1, 0.15) is 29.8 Å². The van der Waals surface area contributed by atoms with E-state index < -0.39 is 15.9 Å². The fourth-order valence-corrected chi connectivity index (χ4v) is 4.51. The fraction of sp³-hybridized carbons (Fsp3) is 0.238. The van der Waals surface area contributed by atoms with Crippen LogP contribution in [0.25, 0.3) is 0 Å². The average molecular weight is 429 g/mol. The standard InChI is InChI=1S/C21H24N4O4S/c1-3-25(4-2)30(28,29)18-10-11-20(26)19(12-18)23-21(27)17-13-22-24(15-17)14-16-8-6-5-7-9-16/h5-13,15,26H,3-4,14H2,1-2H3,(H,23,27). The first-order valence-corrected chi connectivity index (χ1v) is 11.0. The number of nitrogens with one attached hydrogen (secondary N) is 1. The molecule has 3 aromatic rings. The number of anilines is 1. The number of aromatic nitrogens is 2. The van der Waals surface area contributed by atoms with Crippen molar-refractivity contribution < 1.29 is 18.3 Å². The SMILES string of the molecule is CCN(CC)S(=O)(=O)c1ccc(O)c(NC(=O)c2cnn(Cc3ccccc3)c2)c1. The summed E-state index contributed by atoms with van der Waals surface area (Å²) in [6, 6.07) is 13.5. The zero-order valence-electron chi connectivity index (χ0n) is 16.8. The number of carbonyl (C=O) groups excluding carboxylic acids is 1. The van der Waals surface area contributed by atoms with Gasteiger partial charge in [0.05, 0.1) is 28.9 Å². The summed E-state index contributed by atoms with van der Waals surface area (Å²) in [4.78, 5) is 12.6. The summed E-state index contributed by atoms with van der Waals surface area (Å²) in [5.74, 6) is -0.722. The lowest BCUT2D eigenvalue weighted by atomic mass is 10.2. The molecular weight excluding hydrogens is 404 g/mol. The van der Waals surface area contributed by atoms with Crippen molar-refractivity contribution in [1.29, 1.82) is 0 Å². The van der Waals surface area contributed by atoms with Gasteiger partial charge >= 0.3 is 0 Å². The van der Waals surface area contributed by atoms with E-state index >= 15 is 0 Å². The minimum Gasteiger partial charge on any atom is -0.506 e. The van der Waals surface area contributed by atoms with Gasteiger partial charge in [0.15, 0.2) is 0 Å². The van der Waals surface area contributed by atoms with E-state index in [-0.39, 0.29) is 16.3 Å². The van der Waals surface area contributed by atoms with Crippen molar-refractivity contribution in [2.75, 3.05) is 18.4 Å². The smallest absolute Gasteiger partial charge is 0.258 e. The Morgan fingerprint density at radius 3 is 2.50 bits per heavy atom. The predicted molar refractivity (Wildman–Crippen MR) is 114 cm³/mol. The van der Waals surface area contributed by atoms with Gasteiger partial charge in [-0.2, -0.15) is 9.40 Å². The van der Waals surface area contributed by atoms with Crippen LogP contribution in [-0.2, 0) is 16.6 Å². The number of aromatic hydroxyl groups is 1. The Kier molecular flexibility index (Phi) is 6.53. The Morgan fingerprint density at radius 1 is 1.13 bits per heavy atom. The van der Waals surface area contributed by atoms with Gasteiger partial charge in [-0.15, -0.1) is 0 Å². The lowest BCUT2D eigenvalue weighted by molar-refractivity contribution is 0.102. The molecule has 0 aliphatic carbocycles. The van der Waals surface area contributed by atoms with E-state index in [4.69, 9.17) is 0 Å². The van der Waals surface area contributed by atoms with Crippen LogP contribution in [0.2, 0.25) is 0 Å². The zero-order chi connectivity index (χ0) is 21.7.